The van der Waals surface area contributed by atoms with E-state index in [9.17, 15) is 8.42 Å². The van der Waals surface area contributed by atoms with E-state index in [0.29, 0.717) is 18.8 Å². The topological polar surface area (TPSA) is 59.1 Å². The van der Waals surface area contributed by atoms with E-state index < -0.39 is 9.84 Å². The molecule has 1 aliphatic rings. The first-order chi connectivity index (χ1) is 10.1. The third-order valence-electron chi connectivity index (χ3n) is 3.73. The van der Waals surface area contributed by atoms with Crippen LogP contribution >= 0.6 is 11.3 Å². The second-order valence-corrected chi connectivity index (χ2v) is 8.60. The maximum absolute atomic E-state index is 11.7. The summed E-state index contributed by atoms with van der Waals surface area (Å²) in [5.74, 6) is 0.342. The number of benzene rings is 1. The second-order valence-electron chi connectivity index (χ2n) is 5.25. The number of sulfone groups is 1. The van der Waals surface area contributed by atoms with Crippen LogP contribution in [0.5, 0.6) is 0 Å². The van der Waals surface area contributed by atoms with Gasteiger partial charge >= 0.3 is 0 Å². The molecule has 4 nitrogen and oxygen atoms in total. The predicted octanol–water partition coefficient (Wildman–Crippen LogP) is 2.48. The highest BCUT2D eigenvalue weighted by Crippen LogP contribution is 2.22. The summed E-state index contributed by atoms with van der Waals surface area (Å²) in [7, 11) is -2.86. The smallest absolute Gasteiger partial charge is 0.154 e. The average molecular weight is 322 g/mol. The van der Waals surface area contributed by atoms with E-state index in [0.717, 1.165) is 29.1 Å². The van der Waals surface area contributed by atoms with Gasteiger partial charge in [-0.1, -0.05) is 30.3 Å². The van der Waals surface area contributed by atoms with Gasteiger partial charge in [0.15, 0.2) is 9.84 Å². The van der Waals surface area contributed by atoms with E-state index in [1.54, 1.807) is 11.3 Å². The molecule has 3 rings (SSSR count). The molecule has 0 amide bonds. The number of aromatic nitrogens is 1. The zero-order valence-corrected chi connectivity index (χ0v) is 13.3. The fourth-order valence-corrected chi connectivity index (χ4v) is 5.13. The van der Waals surface area contributed by atoms with E-state index in [1.807, 2.05) is 35.7 Å². The molecule has 0 saturated carbocycles. The monoisotopic (exact) mass is 322 g/mol. The second kappa shape index (κ2) is 6.25. The highest BCUT2D eigenvalue weighted by atomic mass is 32.2. The minimum absolute atomic E-state index is 0.217. The van der Waals surface area contributed by atoms with Crippen molar-refractivity contribution in [2.24, 2.45) is 0 Å². The van der Waals surface area contributed by atoms with Crippen molar-refractivity contribution in [2.45, 2.75) is 24.6 Å². The molecule has 1 fully saturated rings. The Bertz CT molecular complexity index is 695. The van der Waals surface area contributed by atoms with Crippen molar-refractivity contribution in [1.82, 2.24) is 10.3 Å². The molecule has 1 atom stereocenters. The zero-order chi connectivity index (χ0) is 14.7. The summed E-state index contributed by atoms with van der Waals surface area (Å²) >= 11 is 1.60. The number of hydrogen-bond acceptors (Lipinski definition) is 5. The first-order valence-corrected chi connectivity index (χ1v) is 9.67. The van der Waals surface area contributed by atoms with Gasteiger partial charge in [-0.25, -0.2) is 13.4 Å². The third kappa shape index (κ3) is 3.51. The maximum atomic E-state index is 11.7. The maximum Gasteiger partial charge on any atom is 0.154 e. The lowest BCUT2D eigenvalue weighted by atomic mass is 10.2. The van der Waals surface area contributed by atoms with Gasteiger partial charge in [-0.15, -0.1) is 11.3 Å². The molecule has 1 aromatic heterocycles. The Kier molecular flexibility index (Phi) is 4.37. The van der Waals surface area contributed by atoms with Gasteiger partial charge in [-0.05, 0) is 12.8 Å². The highest BCUT2D eigenvalue weighted by Gasteiger charge is 2.30. The van der Waals surface area contributed by atoms with Crippen molar-refractivity contribution in [3.05, 3.63) is 40.7 Å². The summed E-state index contributed by atoms with van der Waals surface area (Å²) in [4.78, 5) is 4.59. The fourth-order valence-electron chi connectivity index (χ4n) is 2.56. The fraction of sp³-hybridized carbons (Fsp3) is 0.400. The zero-order valence-electron chi connectivity index (χ0n) is 11.7. The quantitative estimate of drug-likeness (QED) is 0.919. The van der Waals surface area contributed by atoms with Gasteiger partial charge in [0, 0.05) is 24.0 Å². The van der Waals surface area contributed by atoms with Gasteiger partial charge in [0.1, 0.15) is 5.01 Å². The normalized spacial score (nSPS) is 20.7. The van der Waals surface area contributed by atoms with Gasteiger partial charge in [-0.2, -0.15) is 0 Å². The number of thiazole rings is 1. The lowest BCUT2D eigenvalue weighted by molar-refractivity contribution is 0.573. The first kappa shape index (κ1) is 14.7. The van der Waals surface area contributed by atoms with Crippen molar-refractivity contribution in [1.29, 1.82) is 0 Å². The SMILES string of the molecule is O=S1(=O)CCCC1CNCc1nc(-c2ccccc2)cs1. The average Bonchev–Trinajstić information content (AvgIpc) is 3.07. The Morgan fingerprint density at radius 1 is 1.29 bits per heavy atom. The molecule has 2 heterocycles. The van der Waals surface area contributed by atoms with Crippen molar-refractivity contribution in [3.63, 3.8) is 0 Å². The Morgan fingerprint density at radius 2 is 2.10 bits per heavy atom. The molecule has 112 valence electrons. The summed E-state index contributed by atoms with van der Waals surface area (Å²) in [5.41, 5.74) is 2.09. The lowest BCUT2D eigenvalue weighted by Crippen LogP contribution is -2.30. The van der Waals surface area contributed by atoms with Crippen molar-refractivity contribution in [3.8, 4) is 11.3 Å². The molecule has 1 unspecified atom stereocenters. The van der Waals surface area contributed by atoms with Crippen LogP contribution in [0.1, 0.15) is 17.8 Å². The van der Waals surface area contributed by atoms with Gasteiger partial charge < -0.3 is 5.32 Å². The van der Waals surface area contributed by atoms with E-state index in [1.165, 1.54) is 0 Å². The number of nitrogens with zero attached hydrogens (tertiary/aromatic N) is 1. The summed E-state index contributed by atoms with van der Waals surface area (Å²) < 4.78 is 23.5. The molecule has 0 bridgehead atoms. The number of rotatable bonds is 5. The van der Waals surface area contributed by atoms with Gasteiger partial charge in [0.05, 0.1) is 16.7 Å². The summed E-state index contributed by atoms with van der Waals surface area (Å²) in [6, 6.07) is 10.1. The molecule has 0 spiro atoms. The molecule has 1 aliphatic heterocycles. The Labute approximate surface area is 129 Å². The summed E-state index contributed by atoms with van der Waals surface area (Å²) in [5, 5.41) is 6.05. The van der Waals surface area contributed by atoms with Crippen LogP contribution < -0.4 is 5.32 Å². The van der Waals surface area contributed by atoms with Crippen LogP contribution in [0.2, 0.25) is 0 Å². The van der Waals surface area contributed by atoms with Crippen LogP contribution in [0.15, 0.2) is 35.7 Å². The molecular weight excluding hydrogens is 304 g/mol. The van der Waals surface area contributed by atoms with E-state index in [2.05, 4.69) is 10.3 Å². The lowest BCUT2D eigenvalue weighted by Gasteiger charge is -2.09. The molecule has 0 aliphatic carbocycles. The number of hydrogen-bond donors (Lipinski definition) is 1. The van der Waals surface area contributed by atoms with Crippen molar-refractivity contribution in [2.75, 3.05) is 12.3 Å². The predicted molar refractivity (Wildman–Crippen MR) is 86.1 cm³/mol. The summed E-state index contributed by atoms with van der Waals surface area (Å²) in [6.45, 7) is 1.16. The Morgan fingerprint density at radius 3 is 2.81 bits per heavy atom. The summed E-state index contributed by atoms with van der Waals surface area (Å²) in [6.07, 6.45) is 1.58. The van der Waals surface area contributed by atoms with E-state index in [4.69, 9.17) is 0 Å². The molecule has 0 radical (unpaired) electrons. The van der Waals surface area contributed by atoms with Gasteiger partial charge in [0.2, 0.25) is 0 Å². The Balaban J connectivity index is 1.56. The molecule has 2 aromatic rings. The van der Waals surface area contributed by atoms with Crippen LogP contribution in [-0.2, 0) is 16.4 Å². The van der Waals surface area contributed by atoms with Crippen LogP contribution in [-0.4, -0.2) is 30.9 Å². The molecule has 1 aromatic carbocycles. The molecular formula is C15H18N2O2S2. The van der Waals surface area contributed by atoms with E-state index in [-0.39, 0.29) is 5.25 Å². The van der Waals surface area contributed by atoms with Crippen LogP contribution in [0.4, 0.5) is 0 Å². The minimum atomic E-state index is -2.86. The van der Waals surface area contributed by atoms with Crippen LogP contribution in [0.25, 0.3) is 11.3 Å². The van der Waals surface area contributed by atoms with Crippen LogP contribution in [0, 0.1) is 0 Å². The Hall–Kier alpha value is -1.24. The van der Waals surface area contributed by atoms with Crippen LogP contribution in [0.3, 0.4) is 0 Å². The van der Waals surface area contributed by atoms with Gasteiger partial charge in [0.25, 0.3) is 0 Å². The highest BCUT2D eigenvalue weighted by molar-refractivity contribution is 7.92. The molecule has 1 N–H and O–H groups in total. The minimum Gasteiger partial charge on any atom is -0.309 e. The molecule has 1 saturated heterocycles. The third-order valence-corrected chi connectivity index (χ3v) is 6.86. The van der Waals surface area contributed by atoms with Crippen molar-refractivity contribution >= 4 is 21.2 Å². The van der Waals surface area contributed by atoms with Gasteiger partial charge in [-0.3, -0.25) is 0 Å². The molecule has 21 heavy (non-hydrogen) atoms. The standard InChI is InChI=1S/C15H18N2O2S2/c18-21(19)8-4-7-13(21)9-16-10-15-17-14(11-20-15)12-5-2-1-3-6-12/h1-3,5-6,11,13,16H,4,7-10H2. The molecule has 6 heteroatoms. The number of nitrogens with one attached hydrogen (secondary N) is 1. The van der Waals surface area contributed by atoms with Crippen molar-refractivity contribution < 1.29 is 8.42 Å². The van der Waals surface area contributed by atoms with E-state index >= 15 is 0 Å². The first-order valence-electron chi connectivity index (χ1n) is 7.07. The largest absolute Gasteiger partial charge is 0.309 e.